The Hall–Kier alpha value is -2.09. The molecule has 1 amide bonds. The van der Waals surface area contributed by atoms with Crippen LogP contribution in [0, 0.1) is 0 Å². The summed E-state index contributed by atoms with van der Waals surface area (Å²) in [7, 11) is -0.654. The van der Waals surface area contributed by atoms with Gasteiger partial charge in [-0.1, -0.05) is 11.6 Å². The van der Waals surface area contributed by atoms with Crippen molar-refractivity contribution >= 4 is 33.2 Å². The minimum Gasteiger partial charge on any atom is -0.496 e. The van der Waals surface area contributed by atoms with Gasteiger partial charge in [0, 0.05) is 43.3 Å². The van der Waals surface area contributed by atoms with E-state index in [9.17, 15) is 13.2 Å². The zero-order valence-corrected chi connectivity index (χ0v) is 17.0. The number of benzene rings is 2. The van der Waals surface area contributed by atoms with Crippen LogP contribution in [-0.4, -0.2) is 39.3 Å². The fraction of sp³-hybridized carbons (Fsp3) is 0.316. The fourth-order valence-corrected chi connectivity index (χ4v) is 4.64. The number of ether oxygens (including phenoxy) is 1. The standard InChI is InChI=1S/C19H21ClN2O4S/c1-13(23)22-9-8-14-11-17(5-6-18(14)22)27(24,25)21(2)12-15-10-16(20)4-7-19(15)26-3/h4-7,10-11H,8-9,12H2,1-3H3. The van der Waals surface area contributed by atoms with Crippen molar-refractivity contribution in [3.63, 3.8) is 0 Å². The summed E-state index contributed by atoms with van der Waals surface area (Å²) in [5.74, 6) is 0.530. The molecule has 144 valence electrons. The number of rotatable bonds is 5. The fourth-order valence-electron chi connectivity index (χ4n) is 3.24. The van der Waals surface area contributed by atoms with Gasteiger partial charge in [-0.25, -0.2) is 8.42 Å². The largest absolute Gasteiger partial charge is 0.496 e. The van der Waals surface area contributed by atoms with Gasteiger partial charge in [0.15, 0.2) is 0 Å². The van der Waals surface area contributed by atoms with E-state index >= 15 is 0 Å². The molecule has 2 aromatic rings. The highest BCUT2D eigenvalue weighted by Gasteiger charge is 2.27. The van der Waals surface area contributed by atoms with E-state index in [1.807, 2.05) is 0 Å². The predicted molar refractivity (Wildman–Crippen MR) is 105 cm³/mol. The van der Waals surface area contributed by atoms with Gasteiger partial charge < -0.3 is 9.64 Å². The molecule has 0 radical (unpaired) electrons. The van der Waals surface area contributed by atoms with Crippen molar-refractivity contribution < 1.29 is 17.9 Å². The van der Waals surface area contributed by atoms with E-state index in [4.69, 9.17) is 16.3 Å². The Balaban J connectivity index is 1.89. The molecule has 0 saturated heterocycles. The summed E-state index contributed by atoms with van der Waals surface area (Å²) < 4.78 is 32.6. The van der Waals surface area contributed by atoms with Crippen molar-refractivity contribution in [3.05, 3.63) is 52.5 Å². The van der Waals surface area contributed by atoms with Gasteiger partial charge in [-0.05, 0) is 48.4 Å². The molecule has 3 rings (SSSR count). The molecule has 0 spiro atoms. The van der Waals surface area contributed by atoms with Gasteiger partial charge >= 0.3 is 0 Å². The molecule has 1 aliphatic rings. The van der Waals surface area contributed by atoms with Gasteiger partial charge in [-0.2, -0.15) is 4.31 Å². The van der Waals surface area contributed by atoms with Crippen LogP contribution in [0.1, 0.15) is 18.1 Å². The van der Waals surface area contributed by atoms with Crippen molar-refractivity contribution in [1.29, 1.82) is 0 Å². The second-order valence-corrected chi connectivity index (χ2v) is 8.91. The van der Waals surface area contributed by atoms with Crippen LogP contribution in [0.4, 0.5) is 5.69 Å². The summed E-state index contributed by atoms with van der Waals surface area (Å²) in [5.41, 5.74) is 2.32. The molecule has 27 heavy (non-hydrogen) atoms. The Morgan fingerprint density at radius 1 is 1.26 bits per heavy atom. The summed E-state index contributed by atoms with van der Waals surface area (Å²) in [6.07, 6.45) is 0.643. The topological polar surface area (TPSA) is 66.9 Å². The molecule has 6 nitrogen and oxygen atoms in total. The number of anilines is 1. The van der Waals surface area contributed by atoms with Crippen LogP contribution in [0.25, 0.3) is 0 Å². The van der Waals surface area contributed by atoms with Crippen LogP contribution in [0.3, 0.4) is 0 Å². The monoisotopic (exact) mass is 408 g/mol. The van der Waals surface area contributed by atoms with E-state index in [1.54, 1.807) is 41.3 Å². The van der Waals surface area contributed by atoms with Crippen LogP contribution in [0.15, 0.2) is 41.3 Å². The summed E-state index contributed by atoms with van der Waals surface area (Å²) >= 11 is 6.04. The van der Waals surface area contributed by atoms with E-state index < -0.39 is 10.0 Å². The molecular formula is C19H21ClN2O4S. The first-order valence-electron chi connectivity index (χ1n) is 8.44. The maximum atomic E-state index is 13.0. The third kappa shape index (κ3) is 3.81. The molecule has 2 aromatic carbocycles. The Kier molecular flexibility index (Phi) is 5.46. The van der Waals surface area contributed by atoms with Gasteiger partial charge in [-0.15, -0.1) is 0 Å². The zero-order chi connectivity index (χ0) is 19.8. The molecule has 0 saturated carbocycles. The lowest BCUT2D eigenvalue weighted by Crippen LogP contribution is -2.27. The summed E-state index contributed by atoms with van der Waals surface area (Å²) in [4.78, 5) is 13.5. The molecule has 0 fully saturated rings. The van der Waals surface area contributed by atoms with Crippen LogP contribution >= 0.6 is 11.6 Å². The Labute approximate surface area is 164 Å². The third-order valence-electron chi connectivity index (χ3n) is 4.67. The highest BCUT2D eigenvalue weighted by atomic mass is 35.5. The SMILES string of the molecule is COc1ccc(Cl)cc1CN(C)S(=O)(=O)c1ccc2c(c1)CCN2C(C)=O. The van der Waals surface area contributed by atoms with Crippen molar-refractivity contribution in [2.45, 2.75) is 24.8 Å². The highest BCUT2D eigenvalue weighted by molar-refractivity contribution is 7.89. The lowest BCUT2D eigenvalue weighted by Gasteiger charge is -2.20. The Bertz CT molecular complexity index is 991. The molecule has 8 heteroatoms. The lowest BCUT2D eigenvalue weighted by molar-refractivity contribution is -0.116. The molecule has 0 unspecified atom stereocenters. The quantitative estimate of drug-likeness (QED) is 0.762. The maximum Gasteiger partial charge on any atom is 0.243 e. The van der Waals surface area contributed by atoms with Crippen molar-refractivity contribution in [1.82, 2.24) is 4.31 Å². The second-order valence-electron chi connectivity index (χ2n) is 6.43. The van der Waals surface area contributed by atoms with Crippen LogP contribution in [-0.2, 0) is 27.8 Å². The van der Waals surface area contributed by atoms with E-state index in [0.717, 1.165) is 11.3 Å². The number of hydrogen-bond acceptors (Lipinski definition) is 4. The number of nitrogens with zero attached hydrogens (tertiary/aromatic N) is 2. The first kappa shape index (κ1) is 19.7. The molecule has 0 N–H and O–H groups in total. The number of hydrogen-bond donors (Lipinski definition) is 0. The van der Waals surface area contributed by atoms with E-state index in [-0.39, 0.29) is 17.3 Å². The number of sulfonamides is 1. The van der Waals surface area contributed by atoms with Gasteiger partial charge in [0.05, 0.1) is 12.0 Å². The van der Waals surface area contributed by atoms with Crippen molar-refractivity contribution in [2.24, 2.45) is 0 Å². The average Bonchev–Trinajstić information content (AvgIpc) is 3.05. The number of amides is 1. The third-order valence-corrected chi connectivity index (χ3v) is 6.70. The van der Waals surface area contributed by atoms with Crippen molar-refractivity contribution in [3.8, 4) is 5.75 Å². The highest BCUT2D eigenvalue weighted by Crippen LogP contribution is 2.32. The predicted octanol–water partition coefficient (Wildman–Crippen LogP) is 3.08. The van der Waals surface area contributed by atoms with E-state index in [0.29, 0.717) is 29.3 Å². The first-order valence-corrected chi connectivity index (χ1v) is 10.3. The molecule has 1 heterocycles. The molecule has 0 atom stereocenters. The smallest absolute Gasteiger partial charge is 0.243 e. The Morgan fingerprint density at radius 3 is 2.67 bits per heavy atom. The average molecular weight is 409 g/mol. The normalized spacial score (nSPS) is 13.7. The van der Waals surface area contributed by atoms with Gasteiger partial charge in [0.1, 0.15) is 5.75 Å². The Morgan fingerprint density at radius 2 is 2.00 bits per heavy atom. The van der Waals surface area contributed by atoms with Crippen LogP contribution in [0.5, 0.6) is 5.75 Å². The number of carbonyl (C=O) groups excluding carboxylic acids is 1. The molecule has 1 aliphatic heterocycles. The molecular weight excluding hydrogens is 388 g/mol. The first-order chi connectivity index (χ1) is 12.7. The molecule has 0 aromatic heterocycles. The second kappa shape index (κ2) is 7.50. The van der Waals surface area contributed by atoms with Gasteiger partial charge in [0.25, 0.3) is 0 Å². The van der Waals surface area contributed by atoms with Crippen LogP contribution in [0.2, 0.25) is 5.02 Å². The zero-order valence-electron chi connectivity index (χ0n) is 15.4. The number of halogens is 1. The number of carbonyl (C=O) groups is 1. The summed E-state index contributed by atoms with van der Waals surface area (Å²) in [5, 5.41) is 0.512. The number of fused-ring (bicyclic) bond motifs is 1. The minimum atomic E-state index is -3.70. The van der Waals surface area contributed by atoms with Crippen molar-refractivity contribution in [2.75, 3.05) is 25.6 Å². The van der Waals surface area contributed by atoms with Gasteiger partial charge in [-0.3, -0.25) is 4.79 Å². The molecule has 0 aliphatic carbocycles. The van der Waals surface area contributed by atoms with E-state index in [2.05, 4.69) is 0 Å². The lowest BCUT2D eigenvalue weighted by atomic mass is 10.2. The summed E-state index contributed by atoms with van der Waals surface area (Å²) in [6, 6.07) is 9.99. The maximum absolute atomic E-state index is 13.0. The summed E-state index contributed by atoms with van der Waals surface area (Å²) in [6.45, 7) is 2.21. The number of methoxy groups -OCH3 is 1. The molecule has 0 bridgehead atoms. The minimum absolute atomic E-state index is 0.0467. The van der Waals surface area contributed by atoms with Crippen LogP contribution < -0.4 is 9.64 Å². The van der Waals surface area contributed by atoms with Gasteiger partial charge in [0.2, 0.25) is 15.9 Å². The van der Waals surface area contributed by atoms with E-state index in [1.165, 1.54) is 25.4 Å².